The van der Waals surface area contributed by atoms with Gasteiger partial charge in [-0.2, -0.15) is 0 Å². The number of halogens is 1. The molecule has 0 aliphatic carbocycles. The van der Waals surface area contributed by atoms with Crippen LogP contribution in [0, 0.1) is 6.92 Å². The number of hydrogen-bond acceptors (Lipinski definition) is 2. The summed E-state index contributed by atoms with van der Waals surface area (Å²) in [5.74, 6) is 2.01. The number of pyridine rings is 1. The molecule has 3 heteroatoms. The second kappa shape index (κ2) is 6.20. The number of rotatable bonds is 4. The zero-order chi connectivity index (χ0) is 13.8. The Hall–Kier alpha value is -1.35. The first-order valence-corrected chi connectivity index (χ1v) is 7.51. The monoisotopic (exact) mass is 319 g/mol. The molecule has 1 heterocycles. The van der Waals surface area contributed by atoms with Gasteiger partial charge >= 0.3 is 0 Å². The summed E-state index contributed by atoms with van der Waals surface area (Å²) in [5.41, 5.74) is 3.47. The van der Waals surface area contributed by atoms with E-state index in [2.05, 4.69) is 53.0 Å². The number of ether oxygens (including phenoxy) is 1. The fraction of sp³-hybridized carbons (Fsp3) is 0.312. The predicted octanol–water partition coefficient (Wildman–Crippen LogP) is 5.20. The van der Waals surface area contributed by atoms with Crippen molar-refractivity contribution < 1.29 is 4.74 Å². The fourth-order valence-corrected chi connectivity index (χ4v) is 2.16. The molecule has 2 rings (SSSR count). The zero-order valence-electron chi connectivity index (χ0n) is 11.5. The molecule has 0 atom stereocenters. The molecule has 0 aliphatic heterocycles. The number of nitrogens with zero attached hydrogens (tertiary/aromatic N) is 1. The Kier molecular flexibility index (Phi) is 4.59. The lowest BCUT2D eigenvalue weighted by molar-refractivity contribution is 0.457. The molecule has 0 amide bonds. The van der Waals surface area contributed by atoms with E-state index in [1.807, 2.05) is 25.3 Å². The molecule has 0 N–H and O–H groups in total. The van der Waals surface area contributed by atoms with Crippen molar-refractivity contribution in [3.05, 3.63) is 53.2 Å². The van der Waals surface area contributed by atoms with Crippen LogP contribution in [0.3, 0.4) is 0 Å². The van der Waals surface area contributed by atoms with E-state index in [0.717, 1.165) is 22.2 Å². The van der Waals surface area contributed by atoms with Crippen LogP contribution in [0.25, 0.3) is 0 Å². The number of benzene rings is 1. The topological polar surface area (TPSA) is 22.1 Å². The van der Waals surface area contributed by atoms with Gasteiger partial charge in [0, 0.05) is 17.1 Å². The Morgan fingerprint density at radius 1 is 1.26 bits per heavy atom. The first-order valence-electron chi connectivity index (χ1n) is 6.39. The van der Waals surface area contributed by atoms with Crippen molar-refractivity contribution in [3.8, 4) is 11.6 Å². The van der Waals surface area contributed by atoms with Gasteiger partial charge in [0.2, 0.25) is 5.88 Å². The van der Waals surface area contributed by atoms with Crippen LogP contribution in [0.2, 0.25) is 0 Å². The minimum atomic E-state index is 0.494. The maximum absolute atomic E-state index is 5.87. The lowest BCUT2D eigenvalue weighted by Gasteiger charge is -2.11. The van der Waals surface area contributed by atoms with Crippen LogP contribution in [0.15, 0.2) is 36.5 Å². The molecule has 19 heavy (non-hydrogen) atoms. The van der Waals surface area contributed by atoms with Gasteiger partial charge < -0.3 is 4.74 Å². The van der Waals surface area contributed by atoms with Gasteiger partial charge in [-0.1, -0.05) is 41.9 Å². The SMILES string of the molecule is Cc1cc(CBr)cnc1Oc1cccc(C(C)C)c1. The average molecular weight is 320 g/mol. The predicted molar refractivity (Wildman–Crippen MR) is 82.2 cm³/mol. The zero-order valence-corrected chi connectivity index (χ0v) is 13.1. The summed E-state index contributed by atoms with van der Waals surface area (Å²) >= 11 is 3.43. The van der Waals surface area contributed by atoms with E-state index < -0.39 is 0 Å². The lowest BCUT2D eigenvalue weighted by atomic mass is 10.0. The summed E-state index contributed by atoms with van der Waals surface area (Å²) in [5, 5.41) is 0.809. The summed E-state index contributed by atoms with van der Waals surface area (Å²) in [6.07, 6.45) is 1.84. The van der Waals surface area contributed by atoms with Gasteiger partial charge in [-0.15, -0.1) is 0 Å². The van der Waals surface area contributed by atoms with E-state index in [9.17, 15) is 0 Å². The Bertz CT molecular complexity index is 566. The van der Waals surface area contributed by atoms with Crippen molar-refractivity contribution in [2.75, 3.05) is 0 Å². The Labute approximate surface area is 123 Å². The van der Waals surface area contributed by atoms with E-state index >= 15 is 0 Å². The molecule has 1 aromatic carbocycles. The summed E-state index contributed by atoms with van der Waals surface area (Å²) in [7, 11) is 0. The number of aryl methyl sites for hydroxylation is 1. The molecule has 0 unspecified atom stereocenters. The molecule has 0 spiro atoms. The van der Waals surface area contributed by atoms with Gasteiger partial charge in [-0.3, -0.25) is 0 Å². The minimum Gasteiger partial charge on any atom is -0.439 e. The maximum atomic E-state index is 5.87. The number of aromatic nitrogens is 1. The molecule has 1 aromatic heterocycles. The molecule has 0 saturated carbocycles. The van der Waals surface area contributed by atoms with Gasteiger partial charge in [0.25, 0.3) is 0 Å². The van der Waals surface area contributed by atoms with Gasteiger partial charge in [0.1, 0.15) is 5.75 Å². The molecule has 0 saturated heterocycles. The van der Waals surface area contributed by atoms with Crippen molar-refractivity contribution >= 4 is 15.9 Å². The van der Waals surface area contributed by atoms with Crippen molar-refractivity contribution in [1.82, 2.24) is 4.98 Å². The highest BCUT2D eigenvalue weighted by molar-refractivity contribution is 9.08. The van der Waals surface area contributed by atoms with E-state index in [1.54, 1.807) is 0 Å². The molecule has 2 aromatic rings. The number of alkyl halides is 1. The van der Waals surface area contributed by atoms with Crippen LogP contribution in [-0.4, -0.2) is 4.98 Å². The molecule has 2 nitrogen and oxygen atoms in total. The molecular formula is C16H18BrNO. The van der Waals surface area contributed by atoms with Gasteiger partial charge in [-0.05, 0) is 42.2 Å². The van der Waals surface area contributed by atoms with E-state index in [1.165, 1.54) is 5.56 Å². The van der Waals surface area contributed by atoms with Crippen LogP contribution in [0.5, 0.6) is 11.6 Å². The third-order valence-corrected chi connectivity index (χ3v) is 3.63. The van der Waals surface area contributed by atoms with Crippen LogP contribution in [-0.2, 0) is 5.33 Å². The Morgan fingerprint density at radius 2 is 2.05 bits per heavy atom. The first kappa shape index (κ1) is 14.1. The van der Waals surface area contributed by atoms with Crippen LogP contribution in [0.1, 0.15) is 36.5 Å². The largest absolute Gasteiger partial charge is 0.439 e. The van der Waals surface area contributed by atoms with Crippen molar-refractivity contribution in [2.24, 2.45) is 0 Å². The summed E-state index contributed by atoms with van der Waals surface area (Å²) in [6, 6.07) is 10.3. The fourth-order valence-electron chi connectivity index (χ4n) is 1.85. The minimum absolute atomic E-state index is 0.494. The Morgan fingerprint density at radius 3 is 2.68 bits per heavy atom. The van der Waals surface area contributed by atoms with Crippen LogP contribution in [0.4, 0.5) is 0 Å². The smallest absolute Gasteiger partial charge is 0.222 e. The second-order valence-electron chi connectivity index (χ2n) is 4.93. The molecule has 0 fully saturated rings. The Balaban J connectivity index is 2.23. The van der Waals surface area contributed by atoms with Gasteiger partial charge in [0.05, 0.1) is 0 Å². The van der Waals surface area contributed by atoms with E-state index in [-0.39, 0.29) is 0 Å². The van der Waals surface area contributed by atoms with Crippen molar-refractivity contribution in [1.29, 1.82) is 0 Å². The highest BCUT2D eigenvalue weighted by Gasteiger charge is 2.06. The molecule has 100 valence electrons. The molecule has 0 bridgehead atoms. The summed E-state index contributed by atoms with van der Waals surface area (Å²) < 4.78 is 5.87. The lowest BCUT2D eigenvalue weighted by Crippen LogP contribution is -1.94. The summed E-state index contributed by atoms with van der Waals surface area (Å²) in [4.78, 5) is 4.37. The van der Waals surface area contributed by atoms with E-state index in [4.69, 9.17) is 4.74 Å². The first-order chi connectivity index (χ1) is 9.10. The van der Waals surface area contributed by atoms with Crippen molar-refractivity contribution in [3.63, 3.8) is 0 Å². The molecular weight excluding hydrogens is 302 g/mol. The van der Waals surface area contributed by atoms with Gasteiger partial charge in [0.15, 0.2) is 0 Å². The molecule has 0 radical (unpaired) electrons. The third-order valence-electron chi connectivity index (χ3n) is 2.98. The maximum Gasteiger partial charge on any atom is 0.222 e. The highest BCUT2D eigenvalue weighted by Crippen LogP contribution is 2.26. The van der Waals surface area contributed by atoms with Crippen LogP contribution < -0.4 is 4.74 Å². The molecule has 0 aliphatic rings. The van der Waals surface area contributed by atoms with Gasteiger partial charge in [-0.25, -0.2) is 4.98 Å². The number of hydrogen-bond donors (Lipinski definition) is 0. The summed E-state index contributed by atoms with van der Waals surface area (Å²) in [6.45, 7) is 6.36. The van der Waals surface area contributed by atoms with Crippen LogP contribution >= 0.6 is 15.9 Å². The third kappa shape index (κ3) is 3.57. The second-order valence-corrected chi connectivity index (χ2v) is 5.49. The standard InChI is InChI=1S/C16H18BrNO/c1-11(2)14-5-4-6-15(8-14)19-16-12(3)7-13(9-17)10-18-16/h4-8,10-11H,9H2,1-3H3. The highest BCUT2D eigenvalue weighted by atomic mass is 79.9. The van der Waals surface area contributed by atoms with Crippen molar-refractivity contribution in [2.45, 2.75) is 32.0 Å². The average Bonchev–Trinajstić information content (AvgIpc) is 2.41. The van der Waals surface area contributed by atoms with E-state index in [0.29, 0.717) is 11.8 Å². The quantitative estimate of drug-likeness (QED) is 0.722. The normalized spacial score (nSPS) is 10.8.